The van der Waals surface area contributed by atoms with Crippen LogP contribution in [0.1, 0.15) is 24.2 Å². The van der Waals surface area contributed by atoms with Gasteiger partial charge >= 0.3 is 0 Å². The van der Waals surface area contributed by atoms with E-state index in [1.165, 1.54) is 0 Å². The molecular weight excluding hydrogens is 336 g/mol. The molecule has 2 aromatic carbocycles. The van der Waals surface area contributed by atoms with Crippen molar-refractivity contribution in [2.45, 2.75) is 13.8 Å². The number of nitrogens with one attached hydrogen (secondary N) is 2. The van der Waals surface area contributed by atoms with Gasteiger partial charge in [0.15, 0.2) is 0 Å². The Kier molecular flexibility index (Phi) is 6.59. The van der Waals surface area contributed by atoms with Crippen molar-refractivity contribution >= 4 is 23.4 Å². The Morgan fingerprint density at radius 2 is 1.44 bits per heavy atom. The van der Waals surface area contributed by atoms with Gasteiger partial charge in [-0.3, -0.25) is 9.59 Å². The summed E-state index contributed by atoms with van der Waals surface area (Å²) in [6.07, 6.45) is 0. The van der Waals surface area contributed by atoms with Crippen LogP contribution in [-0.4, -0.2) is 30.8 Å². The highest BCUT2D eigenvalue weighted by molar-refractivity contribution is 6.19. The fourth-order valence-corrected chi connectivity index (χ4v) is 2.32. The van der Waals surface area contributed by atoms with Crippen LogP contribution in [0.4, 0.5) is 0 Å². The molecule has 2 aromatic rings. The monoisotopic (exact) mass is 358 g/mol. The topological polar surface area (TPSA) is 58.2 Å². The van der Waals surface area contributed by atoms with Gasteiger partial charge in [0.25, 0.3) is 5.91 Å². The molecule has 0 fully saturated rings. The van der Waals surface area contributed by atoms with Gasteiger partial charge in [-0.05, 0) is 37.1 Å². The van der Waals surface area contributed by atoms with Crippen molar-refractivity contribution < 1.29 is 9.59 Å². The van der Waals surface area contributed by atoms with Crippen molar-refractivity contribution in [1.82, 2.24) is 10.6 Å². The number of alkyl halides is 1. The van der Waals surface area contributed by atoms with Crippen LogP contribution in [0.2, 0.25) is 0 Å². The number of amides is 2. The van der Waals surface area contributed by atoms with Crippen molar-refractivity contribution in [2.24, 2.45) is 5.41 Å². The summed E-state index contributed by atoms with van der Waals surface area (Å²) in [6.45, 7) is 4.29. The molecule has 0 aliphatic heterocycles. The molecule has 2 amide bonds. The molecule has 132 valence electrons. The maximum absolute atomic E-state index is 12.1. The quantitative estimate of drug-likeness (QED) is 0.588. The molecule has 0 aliphatic rings. The SMILES string of the molecule is CC(C)(CCl)C(=O)NCCNC(=O)c1ccc(-c2ccccc2)cc1. The highest BCUT2D eigenvalue weighted by Crippen LogP contribution is 2.19. The number of rotatable bonds is 7. The lowest BCUT2D eigenvalue weighted by Gasteiger charge is -2.20. The normalized spacial score (nSPS) is 11.0. The number of hydrogen-bond donors (Lipinski definition) is 2. The number of carbonyl (C=O) groups is 2. The number of carbonyl (C=O) groups excluding carboxylic acids is 2. The first-order valence-corrected chi connectivity index (χ1v) is 8.75. The first-order chi connectivity index (χ1) is 11.9. The second-order valence-corrected chi connectivity index (χ2v) is 6.74. The van der Waals surface area contributed by atoms with Crippen molar-refractivity contribution in [3.05, 3.63) is 60.2 Å². The Bertz CT molecular complexity index is 712. The van der Waals surface area contributed by atoms with Gasteiger partial charge in [0.1, 0.15) is 0 Å². The van der Waals surface area contributed by atoms with Gasteiger partial charge < -0.3 is 10.6 Å². The number of benzene rings is 2. The van der Waals surface area contributed by atoms with Crippen molar-refractivity contribution in [1.29, 1.82) is 0 Å². The lowest BCUT2D eigenvalue weighted by Crippen LogP contribution is -2.41. The highest BCUT2D eigenvalue weighted by atomic mass is 35.5. The minimum absolute atomic E-state index is 0.121. The maximum atomic E-state index is 12.1. The van der Waals surface area contributed by atoms with E-state index in [0.29, 0.717) is 18.7 Å². The van der Waals surface area contributed by atoms with Crippen LogP contribution in [0.5, 0.6) is 0 Å². The molecule has 0 heterocycles. The van der Waals surface area contributed by atoms with Crippen LogP contribution < -0.4 is 10.6 Å². The Morgan fingerprint density at radius 3 is 2.04 bits per heavy atom. The van der Waals surface area contributed by atoms with Crippen LogP contribution in [0.3, 0.4) is 0 Å². The smallest absolute Gasteiger partial charge is 0.251 e. The summed E-state index contributed by atoms with van der Waals surface area (Å²) in [7, 11) is 0. The second-order valence-electron chi connectivity index (χ2n) is 6.47. The molecule has 0 radical (unpaired) electrons. The highest BCUT2D eigenvalue weighted by Gasteiger charge is 2.25. The summed E-state index contributed by atoms with van der Waals surface area (Å²) < 4.78 is 0. The largest absolute Gasteiger partial charge is 0.354 e. The summed E-state index contributed by atoms with van der Waals surface area (Å²) in [5.41, 5.74) is 2.15. The third-order valence-corrected chi connectivity index (χ3v) is 4.57. The van der Waals surface area contributed by atoms with E-state index < -0.39 is 5.41 Å². The molecule has 2 rings (SSSR count). The molecule has 2 N–H and O–H groups in total. The lowest BCUT2D eigenvalue weighted by atomic mass is 9.95. The zero-order valence-electron chi connectivity index (χ0n) is 14.5. The van der Waals surface area contributed by atoms with E-state index in [9.17, 15) is 9.59 Å². The molecule has 0 spiro atoms. The van der Waals surface area contributed by atoms with E-state index in [1.54, 1.807) is 26.0 Å². The van der Waals surface area contributed by atoms with Gasteiger partial charge in [0.2, 0.25) is 5.91 Å². The van der Waals surface area contributed by atoms with E-state index in [1.807, 2.05) is 42.5 Å². The second kappa shape index (κ2) is 8.67. The molecule has 5 heteroatoms. The molecular formula is C20H23ClN2O2. The number of halogens is 1. The van der Waals surface area contributed by atoms with E-state index in [0.717, 1.165) is 11.1 Å². The van der Waals surface area contributed by atoms with Crippen molar-refractivity contribution in [3.63, 3.8) is 0 Å². The van der Waals surface area contributed by atoms with Gasteiger partial charge in [0.05, 0.1) is 5.41 Å². The molecule has 0 atom stereocenters. The molecule has 0 bridgehead atoms. The fraction of sp³-hybridized carbons (Fsp3) is 0.300. The van der Waals surface area contributed by atoms with E-state index in [2.05, 4.69) is 10.6 Å². The Balaban J connectivity index is 1.82. The lowest BCUT2D eigenvalue weighted by molar-refractivity contribution is -0.128. The first-order valence-electron chi connectivity index (χ1n) is 8.22. The first kappa shape index (κ1) is 19.0. The molecule has 0 unspecified atom stereocenters. The molecule has 4 nitrogen and oxygen atoms in total. The van der Waals surface area contributed by atoms with Crippen LogP contribution in [0.15, 0.2) is 54.6 Å². The summed E-state index contributed by atoms with van der Waals surface area (Å²) in [4.78, 5) is 24.0. The van der Waals surface area contributed by atoms with Crippen LogP contribution >= 0.6 is 11.6 Å². The minimum atomic E-state index is -0.612. The van der Waals surface area contributed by atoms with Gasteiger partial charge in [0, 0.05) is 24.5 Å². The molecule has 0 aromatic heterocycles. The zero-order valence-corrected chi connectivity index (χ0v) is 15.3. The van der Waals surface area contributed by atoms with Crippen molar-refractivity contribution in [2.75, 3.05) is 19.0 Å². The third kappa shape index (κ3) is 5.33. The number of hydrogen-bond acceptors (Lipinski definition) is 2. The van der Waals surface area contributed by atoms with Crippen LogP contribution in [-0.2, 0) is 4.79 Å². The molecule has 0 aliphatic carbocycles. The van der Waals surface area contributed by atoms with Gasteiger partial charge in [-0.15, -0.1) is 11.6 Å². The Hall–Kier alpha value is -2.33. The average molecular weight is 359 g/mol. The van der Waals surface area contributed by atoms with E-state index in [-0.39, 0.29) is 17.7 Å². The summed E-state index contributed by atoms with van der Waals surface area (Å²) in [6, 6.07) is 17.4. The van der Waals surface area contributed by atoms with Crippen LogP contribution in [0, 0.1) is 5.41 Å². The van der Waals surface area contributed by atoms with Crippen LogP contribution in [0.25, 0.3) is 11.1 Å². The van der Waals surface area contributed by atoms with Crippen molar-refractivity contribution in [3.8, 4) is 11.1 Å². The van der Waals surface area contributed by atoms with Gasteiger partial charge in [-0.2, -0.15) is 0 Å². The summed E-state index contributed by atoms with van der Waals surface area (Å²) >= 11 is 5.76. The maximum Gasteiger partial charge on any atom is 0.251 e. The van der Waals surface area contributed by atoms with Gasteiger partial charge in [-0.25, -0.2) is 0 Å². The van der Waals surface area contributed by atoms with Gasteiger partial charge in [-0.1, -0.05) is 42.5 Å². The Labute approximate surface area is 153 Å². The standard InChI is InChI=1S/C20H23ClN2O2/c1-20(2,14-21)19(25)23-13-12-22-18(24)17-10-8-16(9-11-17)15-6-4-3-5-7-15/h3-11H,12-14H2,1-2H3,(H,22,24)(H,23,25). The Morgan fingerprint density at radius 1 is 0.880 bits per heavy atom. The summed E-state index contributed by atoms with van der Waals surface area (Å²) in [5, 5.41) is 5.57. The summed E-state index contributed by atoms with van der Waals surface area (Å²) in [5.74, 6) is -0.0340. The van der Waals surface area contributed by atoms with E-state index >= 15 is 0 Å². The fourth-order valence-electron chi connectivity index (χ4n) is 2.20. The predicted octanol–water partition coefficient (Wildman–Crippen LogP) is 3.46. The zero-order chi connectivity index (χ0) is 18.3. The third-order valence-electron chi connectivity index (χ3n) is 3.90. The molecule has 0 saturated carbocycles. The molecule has 25 heavy (non-hydrogen) atoms. The average Bonchev–Trinajstić information content (AvgIpc) is 2.65. The molecule has 0 saturated heterocycles. The van der Waals surface area contributed by atoms with E-state index in [4.69, 9.17) is 11.6 Å². The predicted molar refractivity (Wildman–Crippen MR) is 102 cm³/mol. The minimum Gasteiger partial charge on any atom is -0.354 e.